The molecule has 0 spiro atoms. The smallest absolute Gasteiger partial charge is 0.408 e. The summed E-state index contributed by atoms with van der Waals surface area (Å²) < 4.78 is 51.2. The van der Waals surface area contributed by atoms with Gasteiger partial charge in [0.2, 0.25) is 0 Å². The zero-order valence-electron chi connectivity index (χ0n) is 12.9. The van der Waals surface area contributed by atoms with Crippen LogP contribution in [0.5, 0.6) is 11.5 Å². The van der Waals surface area contributed by atoms with E-state index in [1.165, 1.54) is 31.3 Å². The molecule has 134 valence electrons. The molecule has 0 unspecified atom stereocenters. The van der Waals surface area contributed by atoms with Gasteiger partial charge in [-0.15, -0.1) is 24.8 Å². The topological polar surface area (TPSA) is 33.7 Å². The van der Waals surface area contributed by atoms with E-state index in [0.29, 0.717) is 26.2 Å². The third-order valence-electron chi connectivity index (χ3n) is 3.57. The summed E-state index contributed by atoms with van der Waals surface area (Å²) in [5, 5.41) is 3.06. The van der Waals surface area contributed by atoms with E-state index in [1.807, 2.05) is 0 Å². The Morgan fingerprint density at radius 3 is 1.91 bits per heavy atom. The van der Waals surface area contributed by atoms with Crippen molar-refractivity contribution in [3.8, 4) is 11.5 Å². The molecular formula is C14H21Cl2F3N2O2. The minimum Gasteiger partial charge on any atom is -0.496 e. The molecule has 9 heteroatoms. The molecule has 1 saturated heterocycles. The summed E-state index contributed by atoms with van der Waals surface area (Å²) in [5.74, 6) is 0.380. The fourth-order valence-corrected chi connectivity index (χ4v) is 2.64. The van der Waals surface area contributed by atoms with Gasteiger partial charge in [0, 0.05) is 26.2 Å². The van der Waals surface area contributed by atoms with Gasteiger partial charge in [-0.1, -0.05) is 6.07 Å². The monoisotopic (exact) mass is 376 g/mol. The van der Waals surface area contributed by atoms with E-state index in [9.17, 15) is 13.2 Å². The number of halogens is 5. The standard InChI is InChI=1S/C14H19F3N2O2.2ClH/c1-20-10-4-3-5-11(21-2)12(10)13(14(15,16)17)19-8-6-18-7-9-19;;/h3-5,13,18H,6-9H2,1-2H3;2*1H/t13-;;/m0../s1. The molecule has 1 fully saturated rings. The molecule has 23 heavy (non-hydrogen) atoms. The van der Waals surface area contributed by atoms with Crippen LogP contribution < -0.4 is 14.8 Å². The molecule has 0 amide bonds. The summed E-state index contributed by atoms with van der Waals surface area (Å²) in [6, 6.07) is 2.94. The number of rotatable bonds is 4. The second-order valence-corrected chi connectivity index (χ2v) is 4.81. The van der Waals surface area contributed by atoms with Crippen LogP contribution in [0.4, 0.5) is 13.2 Å². The van der Waals surface area contributed by atoms with E-state index >= 15 is 0 Å². The first kappa shape index (κ1) is 22.1. The van der Waals surface area contributed by atoms with Gasteiger partial charge in [-0.05, 0) is 12.1 Å². The number of piperazine rings is 1. The zero-order chi connectivity index (χ0) is 15.5. The minimum absolute atomic E-state index is 0. The Kier molecular flexibility index (Phi) is 9.05. The second-order valence-electron chi connectivity index (χ2n) is 4.81. The first-order valence-electron chi connectivity index (χ1n) is 6.71. The van der Waals surface area contributed by atoms with Crippen molar-refractivity contribution < 1.29 is 22.6 Å². The quantitative estimate of drug-likeness (QED) is 0.875. The molecule has 0 saturated carbocycles. The molecule has 1 aromatic carbocycles. The predicted molar refractivity (Wildman–Crippen MR) is 87.3 cm³/mol. The van der Waals surface area contributed by atoms with Crippen LogP contribution in [0.2, 0.25) is 0 Å². The van der Waals surface area contributed by atoms with Crippen LogP contribution in [-0.2, 0) is 0 Å². The fourth-order valence-electron chi connectivity index (χ4n) is 2.64. The number of nitrogens with zero attached hydrogens (tertiary/aromatic N) is 1. The van der Waals surface area contributed by atoms with Crippen molar-refractivity contribution in [3.05, 3.63) is 23.8 Å². The molecule has 0 bridgehead atoms. The van der Waals surface area contributed by atoms with Crippen molar-refractivity contribution in [2.45, 2.75) is 12.2 Å². The minimum atomic E-state index is -4.40. The number of methoxy groups -OCH3 is 2. The van der Waals surface area contributed by atoms with E-state index in [4.69, 9.17) is 9.47 Å². The van der Waals surface area contributed by atoms with Crippen LogP contribution in [0.25, 0.3) is 0 Å². The van der Waals surface area contributed by atoms with E-state index in [2.05, 4.69) is 5.32 Å². The SMILES string of the molecule is COc1cccc(OC)c1[C@H](N1CCNCC1)C(F)(F)F.Cl.Cl. The molecule has 1 aromatic rings. The Bertz CT molecular complexity index is 461. The summed E-state index contributed by atoms with van der Waals surface area (Å²) in [4.78, 5) is 1.41. The molecule has 1 heterocycles. The van der Waals surface area contributed by atoms with Gasteiger partial charge >= 0.3 is 6.18 Å². The zero-order valence-corrected chi connectivity index (χ0v) is 14.5. The van der Waals surface area contributed by atoms with E-state index in [-0.39, 0.29) is 41.9 Å². The van der Waals surface area contributed by atoms with Crippen LogP contribution in [0, 0.1) is 0 Å². The maximum absolute atomic E-state index is 13.6. The number of benzene rings is 1. The van der Waals surface area contributed by atoms with Crippen LogP contribution >= 0.6 is 24.8 Å². The maximum atomic E-state index is 13.6. The highest BCUT2D eigenvalue weighted by molar-refractivity contribution is 5.85. The van der Waals surface area contributed by atoms with Crippen LogP contribution in [0.3, 0.4) is 0 Å². The molecule has 0 aliphatic carbocycles. The normalized spacial score (nSPS) is 16.7. The van der Waals surface area contributed by atoms with Crippen LogP contribution in [-0.4, -0.2) is 51.5 Å². The summed E-state index contributed by atoms with van der Waals surface area (Å²) >= 11 is 0. The van der Waals surface area contributed by atoms with E-state index in [1.54, 1.807) is 6.07 Å². The first-order valence-corrected chi connectivity index (χ1v) is 6.71. The molecular weight excluding hydrogens is 356 g/mol. The van der Waals surface area contributed by atoms with Crippen molar-refractivity contribution in [1.82, 2.24) is 10.2 Å². The van der Waals surface area contributed by atoms with Gasteiger partial charge in [0.25, 0.3) is 0 Å². The van der Waals surface area contributed by atoms with Gasteiger partial charge in [0.1, 0.15) is 17.5 Å². The largest absolute Gasteiger partial charge is 0.496 e. The van der Waals surface area contributed by atoms with Crippen molar-refractivity contribution in [2.75, 3.05) is 40.4 Å². The third-order valence-corrected chi connectivity index (χ3v) is 3.57. The molecule has 0 aromatic heterocycles. The molecule has 1 aliphatic rings. The van der Waals surface area contributed by atoms with Gasteiger partial charge < -0.3 is 14.8 Å². The summed E-state index contributed by atoms with van der Waals surface area (Å²) in [6.07, 6.45) is -4.40. The van der Waals surface area contributed by atoms with E-state index in [0.717, 1.165) is 0 Å². The summed E-state index contributed by atoms with van der Waals surface area (Å²) in [5.41, 5.74) is 0.0388. The van der Waals surface area contributed by atoms with Gasteiger partial charge in [-0.3, -0.25) is 4.90 Å². The van der Waals surface area contributed by atoms with Gasteiger partial charge in [-0.2, -0.15) is 13.2 Å². The number of alkyl halides is 3. The highest BCUT2D eigenvalue weighted by Crippen LogP contribution is 2.45. The van der Waals surface area contributed by atoms with Crippen LogP contribution in [0.15, 0.2) is 18.2 Å². The predicted octanol–water partition coefficient (Wildman–Crippen LogP) is 3.06. The Balaban J connectivity index is 0.00000242. The summed E-state index contributed by atoms with van der Waals surface area (Å²) in [6.45, 7) is 1.71. The molecule has 2 rings (SSSR count). The molecule has 1 N–H and O–H groups in total. The Hall–Kier alpha value is -0.890. The number of nitrogens with one attached hydrogen (secondary N) is 1. The lowest BCUT2D eigenvalue weighted by Crippen LogP contribution is -2.49. The maximum Gasteiger partial charge on any atom is 0.408 e. The second kappa shape index (κ2) is 9.42. The first-order chi connectivity index (χ1) is 9.99. The third kappa shape index (κ3) is 5.04. The molecule has 4 nitrogen and oxygen atoms in total. The van der Waals surface area contributed by atoms with Gasteiger partial charge in [0.15, 0.2) is 0 Å². The number of hydrogen-bond donors (Lipinski definition) is 1. The number of hydrogen-bond acceptors (Lipinski definition) is 4. The van der Waals surface area contributed by atoms with Crippen LogP contribution in [0.1, 0.15) is 11.6 Å². The lowest BCUT2D eigenvalue weighted by molar-refractivity contribution is -0.188. The Morgan fingerprint density at radius 1 is 1.04 bits per heavy atom. The summed E-state index contributed by atoms with van der Waals surface area (Å²) in [7, 11) is 2.73. The molecule has 1 aliphatic heterocycles. The highest BCUT2D eigenvalue weighted by atomic mass is 35.5. The van der Waals surface area contributed by atoms with Gasteiger partial charge in [-0.25, -0.2) is 0 Å². The Morgan fingerprint density at radius 2 is 1.52 bits per heavy atom. The number of ether oxygens (including phenoxy) is 2. The molecule has 1 atom stereocenters. The lowest BCUT2D eigenvalue weighted by atomic mass is 10.0. The lowest BCUT2D eigenvalue weighted by Gasteiger charge is -2.37. The van der Waals surface area contributed by atoms with Crippen molar-refractivity contribution in [1.29, 1.82) is 0 Å². The average molecular weight is 377 g/mol. The highest BCUT2D eigenvalue weighted by Gasteiger charge is 2.47. The molecule has 0 radical (unpaired) electrons. The fraction of sp³-hybridized carbons (Fsp3) is 0.571. The average Bonchev–Trinajstić information content (AvgIpc) is 2.47. The van der Waals surface area contributed by atoms with Crippen molar-refractivity contribution in [2.24, 2.45) is 0 Å². The van der Waals surface area contributed by atoms with Crippen molar-refractivity contribution >= 4 is 24.8 Å². The van der Waals surface area contributed by atoms with E-state index < -0.39 is 12.2 Å². The van der Waals surface area contributed by atoms with Gasteiger partial charge in [0.05, 0.1) is 19.8 Å². The Labute approximate surface area is 146 Å². The van der Waals surface area contributed by atoms with Crippen molar-refractivity contribution in [3.63, 3.8) is 0 Å².